The number of aliphatic hydroxyl groups excluding tert-OH is 1. The van der Waals surface area contributed by atoms with Crippen molar-refractivity contribution in [3.63, 3.8) is 0 Å². The van der Waals surface area contributed by atoms with Gasteiger partial charge in [0.1, 0.15) is 0 Å². The third kappa shape index (κ3) is 4.89. The van der Waals surface area contributed by atoms with E-state index in [0.717, 1.165) is 4.47 Å². The normalized spacial score (nSPS) is 13.3. The van der Waals surface area contributed by atoms with Crippen LogP contribution in [0.2, 0.25) is 0 Å². The fourth-order valence-electron chi connectivity index (χ4n) is 1.83. The summed E-state index contributed by atoms with van der Waals surface area (Å²) in [4.78, 5) is 1.44. The molecule has 21 heavy (non-hydrogen) atoms. The van der Waals surface area contributed by atoms with Crippen molar-refractivity contribution < 1.29 is 13.5 Å². The van der Waals surface area contributed by atoms with E-state index in [4.69, 9.17) is 0 Å². The maximum atomic E-state index is 11.4. The largest absolute Gasteiger partial charge is 0.387 e. The zero-order chi connectivity index (χ0) is 15.5. The summed E-state index contributed by atoms with van der Waals surface area (Å²) in [5, 5.41) is 15.3. The van der Waals surface area contributed by atoms with E-state index in [2.05, 4.69) is 21.2 Å². The zero-order valence-electron chi connectivity index (χ0n) is 11.4. The molecule has 4 nitrogen and oxygen atoms in total. The van der Waals surface area contributed by atoms with Crippen molar-refractivity contribution in [2.75, 3.05) is 12.8 Å². The van der Waals surface area contributed by atoms with Crippen LogP contribution in [0.5, 0.6) is 0 Å². The standard InChI is InChI=1S/C14H16BrNO3S2/c1-21(18,19)13-4-2-10(3-5-13)14(17)8-16-7-12-6-11(15)9-20-12/h2-6,9,14,16-17H,7-8H2,1H3. The van der Waals surface area contributed by atoms with E-state index in [0.29, 0.717) is 18.7 Å². The Morgan fingerprint density at radius 3 is 2.52 bits per heavy atom. The van der Waals surface area contributed by atoms with E-state index < -0.39 is 15.9 Å². The summed E-state index contributed by atoms with van der Waals surface area (Å²) in [6, 6.07) is 8.36. The molecule has 1 unspecified atom stereocenters. The number of hydrogen-bond donors (Lipinski definition) is 2. The van der Waals surface area contributed by atoms with Crippen molar-refractivity contribution in [2.45, 2.75) is 17.5 Å². The van der Waals surface area contributed by atoms with E-state index >= 15 is 0 Å². The molecule has 0 aliphatic rings. The molecule has 0 saturated heterocycles. The number of hydrogen-bond acceptors (Lipinski definition) is 5. The Morgan fingerprint density at radius 2 is 2.00 bits per heavy atom. The van der Waals surface area contributed by atoms with Crippen molar-refractivity contribution in [3.05, 3.63) is 50.6 Å². The van der Waals surface area contributed by atoms with Gasteiger partial charge in [0.05, 0.1) is 11.0 Å². The van der Waals surface area contributed by atoms with E-state index in [1.165, 1.54) is 23.3 Å². The van der Waals surface area contributed by atoms with Crippen LogP contribution in [0.4, 0.5) is 0 Å². The molecule has 114 valence electrons. The van der Waals surface area contributed by atoms with E-state index in [-0.39, 0.29) is 4.90 Å². The van der Waals surface area contributed by atoms with Crippen molar-refractivity contribution in [1.29, 1.82) is 0 Å². The van der Waals surface area contributed by atoms with Crippen LogP contribution in [0.3, 0.4) is 0 Å². The Balaban J connectivity index is 1.89. The molecule has 2 rings (SSSR count). The fourth-order valence-corrected chi connectivity index (χ4v) is 3.88. The molecule has 1 heterocycles. The second-order valence-electron chi connectivity index (χ2n) is 4.72. The van der Waals surface area contributed by atoms with Crippen LogP contribution in [-0.4, -0.2) is 26.3 Å². The molecule has 0 aliphatic carbocycles. The Morgan fingerprint density at radius 1 is 1.33 bits per heavy atom. The van der Waals surface area contributed by atoms with Crippen molar-refractivity contribution >= 4 is 37.1 Å². The molecule has 1 aromatic carbocycles. The van der Waals surface area contributed by atoms with E-state index in [9.17, 15) is 13.5 Å². The Hall–Kier alpha value is -0.730. The van der Waals surface area contributed by atoms with Gasteiger partial charge in [0.2, 0.25) is 0 Å². The first-order valence-corrected chi connectivity index (χ1v) is 9.84. The first-order valence-electron chi connectivity index (χ1n) is 6.28. The Labute approximate surface area is 136 Å². The number of aliphatic hydroxyl groups is 1. The smallest absolute Gasteiger partial charge is 0.175 e. The second kappa shape index (κ2) is 7.02. The van der Waals surface area contributed by atoms with Crippen LogP contribution >= 0.6 is 27.3 Å². The number of sulfone groups is 1. The highest BCUT2D eigenvalue weighted by molar-refractivity contribution is 9.10. The molecule has 2 N–H and O–H groups in total. The Kier molecular flexibility index (Phi) is 5.56. The van der Waals surface area contributed by atoms with Gasteiger partial charge < -0.3 is 10.4 Å². The highest BCUT2D eigenvalue weighted by Crippen LogP contribution is 2.20. The van der Waals surface area contributed by atoms with Crippen molar-refractivity contribution in [3.8, 4) is 0 Å². The molecular weight excluding hydrogens is 374 g/mol. The number of nitrogens with one attached hydrogen (secondary N) is 1. The molecule has 2 aromatic rings. The molecule has 0 radical (unpaired) electrons. The second-order valence-corrected chi connectivity index (χ2v) is 8.65. The first kappa shape index (κ1) is 16.6. The highest BCUT2D eigenvalue weighted by Gasteiger charge is 2.10. The van der Waals surface area contributed by atoms with Crippen molar-refractivity contribution in [2.24, 2.45) is 0 Å². The molecule has 7 heteroatoms. The maximum absolute atomic E-state index is 11.4. The number of halogens is 1. The van der Waals surface area contributed by atoms with Gasteiger partial charge in [-0.1, -0.05) is 12.1 Å². The third-order valence-electron chi connectivity index (χ3n) is 2.95. The predicted molar refractivity (Wildman–Crippen MR) is 88.2 cm³/mol. The van der Waals surface area contributed by atoms with E-state index in [1.54, 1.807) is 23.5 Å². The van der Waals surface area contributed by atoms with Gasteiger partial charge in [0.25, 0.3) is 0 Å². The lowest BCUT2D eigenvalue weighted by Crippen LogP contribution is -2.20. The molecule has 1 atom stereocenters. The molecule has 0 bridgehead atoms. The molecule has 1 aromatic heterocycles. The van der Waals surface area contributed by atoms with Gasteiger partial charge in [-0.3, -0.25) is 0 Å². The summed E-state index contributed by atoms with van der Waals surface area (Å²) in [5.74, 6) is 0. The fraction of sp³-hybridized carbons (Fsp3) is 0.286. The molecule has 0 aliphatic heterocycles. The van der Waals surface area contributed by atoms with Crippen molar-refractivity contribution in [1.82, 2.24) is 5.32 Å². The lowest BCUT2D eigenvalue weighted by atomic mass is 10.1. The van der Waals surface area contributed by atoms with Crippen LogP contribution in [0.15, 0.2) is 45.1 Å². The van der Waals surface area contributed by atoms with Gasteiger partial charge in [-0.2, -0.15) is 0 Å². The van der Waals surface area contributed by atoms with Gasteiger partial charge >= 0.3 is 0 Å². The number of thiophene rings is 1. The van der Waals surface area contributed by atoms with Crippen LogP contribution < -0.4 is 5.32 Å². The SMILES string of the molecule is CS(=O)(=O)c1ccc(C(O)CNCc2cc(Br)cs2)cc1. The van der Waals surface area contributed by atoms with Crippen LogP contribution in [0.1, 0.15) is 16.5 Å². The number of benzene rings is 1. The van der Waals surface area contributed by atoms with Crippen LogP contribution in [0, 0.1) is 0 Å². The molecular formula is C14H16BrNO3S2. The van der Waals surface area contributed by atoms with Crippen LogP contribution in [0.25, 0.3) is 0 Å². The lowest BCUT2D eigenvalue weighted by molar-refractivity contribution is 0.174. The van der Waals surface area contributed by atoms with Crippen LogP contribution in [-0.2, 0) is 16.4 Å². The average Bonchev–Trinajstić information content (AvgIpc) is 2.83. The summed E-state index contributed by atoms with van der Waals surface area (Å²) in [7, 11) is -3.20. The third-order valence-corrected chi connectivity index (χ3v) is 5.78. The van der Waals surface area contributed by atoms with E-state index in [1.807, 2.05) is 11.4 Å². The molecule has 0 spiro atoms. The molecule has 0 amide bonds. The predicted octanol–water partition coefficient (Wildman–Crippen LogP) is 2.74. The van der Waals surface area contributed by atoms with Gasteiger partial charge in [-0.25, -0.2) is 8.42 Å². The average molecular weight is 390 g/mol. The van der Waals surface area contributed by atoms with Gasteiger partial charge in [0, 0.05) is 34.1 Å². The van der Waals surface area contributed by atoms with Gasteiger partial charge in [0.15, 0.2) is 9.84 Å². The summed E-state index contributed by atoms with van der Waals surface area (Å²) in [5.41, 5.74) is 0.697. The summed E-state index contributed by atoms with van der Waals surface area (Å²) in [6.45, 7) is 1.10. The van der Waals surface area contributed by atoms with Gasteiger partial charge in [-0.15, -0.1) is 11.3 Å². The summed E-state index contributed by atoms with van der Waals surface area (Å²) < 4.78 is 23.8. The minimum atomic E-state index is -3.20. The monoisotopic (exact) mass is 389 g/mol. The summed E-state index contributed by atoms with van der Waals surface area (Å²) >= 11 is 5.04. The minimum absolute atomic E-state index is 0.259. The topological polar surface area (TPSA) is 66.4 Å². The highest BCUT2D eigenvalue weighted by atomic mass is 79.9. The minimum Gasteiger partial charge on any atom is -0.387 e. The number of rotatable bonds is 6. The zero-order valence-corrected chi connectivity index (χ0v) is 14.6. The molecule has 0 fully saturated rings. The maximum Gasteiger partial charge on any atom is 0.175 e. The quantitative estimate of drug-likeness (QED) is 0.796. The Bertz CT molecular complexity index is 695. The van der Waals surface area contributed by atoms with Gasteiger partial charge in [-0.05, 0) is 39.7 Å². The lowest BCUT2D eigenvalue weighted by Gasteiger charge is -2.12. The summed E-state index contributed by atoms with van der Waals surface area (Å²) in [6.07, 6.45) is 0.501. The molecule has 0 saturated carbocycles. The first-order chi connectivity index (χ1) is 9.86.